The molecule has 0 radical (unpaired) electrons. The normalized spacial score (nSPS) is 35.3. The average Bonchev–Trinajstić information content (AvgIpc) is 2.84. The van der Waals surface area contributed by atoms with Gasteiger partial charge in [-0.3, -0.25) is 4.79 Å². The van der Waals surface area contributed by atoms with Crippen molar-refractivity contribution in [1.29, 1.82) is 0 Å². The molecule has 2 unspecified atom stereocenters. The van der Waals surface area contributed by atoms with Gasteiger partial charge in [-0.2, -0.15) is 0 Å². The molecule has 1 aliphatic heterocycles. The first-order valence-corrected chi connectivity index (χ1v) is 7.75. The number of hydrogen-bond donors (Lipinski definition) is 1. The number of carbonyl (C=O) groups excluding carboxylic acids is 1. The summed E-state index contributed by atoms with van der Waals surface area (Å²) < 4.78 is 5.52. The van der Waals surface area contributed by atoms with Gasteiger partial charge in [0, 0.05) is 25.7 Å². The van der Waals surface area contributed by atoms with Crippen molar-refractivity contribution < 1.29 is 9.53 Å². The summed E-state index contributed by atoms with van der Waals surface area (Å²) in [5.74, 6) is 0.369. The maximum atomic E-state index is 12.5. The summed E-state index contributed by atoms with van der Waals surface area (Å²) in [7, 11) is 1.98. The van der Waals surface area contributed by atoms with Crippen LogP contribution in [0.3, 0.4) is 0 Å². The molecule has 19 heavy (non-hydrogen) atoms. The van der Waals surface area contributed by atoms with E-state index in [2.05, 4.69) is 12.2 Å². The number of nitrogens with zero attached hydrogens (tertiary/aromatic N) is 1. The minimum absolute atomic E-state index is 0.0801. The number of amides is 1. The first-order valence-electron chi connectivity index (χ1n) is 7.75. The molecular weight excluding hydrogens is 240 g/mol. The van der Waals surface area contributed by atoms with Gasteiger partial charge in [-0.1, -0.05) is 6.92 Å². The predicted octanol–water partition coefficient (Wildman–Crippen LogP) is 1.79. The van der Waals surface area contributed by atoms with E-state index >= 15 is 0 Å². The molecule has 110 valence electrons. The van der Waals surface area contributed by atoms with Crippen LogP contribution in [-0.2, 0) is 9.53 Å². The van der Waals surface area contributed by atoms with E-state index in [0.717, 1.165) is 32.4 Å². The van der Waals surface area contributed by atoms with Crippen molar-refractivity contribution in [3.63, 3.8) is 0 Å². The van der Waals surface area contributed by atoms with E-state index in [1.54, 1.807) is 0 Å². The van der Waals surface area contributed by atoms with Crippen molar-refractivity contribution in [3.05, 3.63) is 0 Å². The van der Waals surface area contributed by atoms with Crippen LogP contribution in [0.2, 0.25) is 0 Å². The summed E-state index contributed by atoms with van der Waals surface area (Å²) in [6, 6.07) is 1.08. The van der Waals surface area contributed by atoms with Gasteiger partial charge < -0.3 is 15.0 Å². The molecule has 0 aromatic heterocycles. The predicted molar refractivity (Wildman–Crippen MR) is 76.0 cm³/mol. The van der Waals surface area contributed by atoms with E-state index in [-0.39, 0.29) is 17.9 Å². The van der Waals surface area contributed by atoms with Crippen molar-refractivity contribution in [3.8, 4) is 0 Å². The molecule has 0 aromatic carbocycles. The Morgan fingerprint density at radius 2 is 1.95 bits per heavy atom. The number of carbonyl (C=O) groups is 1. The summed E-state index contributed by atoms with van der Waals surface area (Å²) in [5.41, 5.74) is 0. The Labute approximate surface area is 116 Å². The molecule has 4 heteroatoms. The fourth-order valence-corrected chi connectivity index (χ4v) is 3.45. The lowest BCUT2D eigenvalue weighted by Crippen LogP contribution is -2.46. The zero-order valence-electron chi connectivity index (χ0n) is 12.5. The van der Waals surface area contributed by atoms with Crippen molar-refractivity contribution in [2.24, 2.45) is 5.92 Å². The second kappa shape index (κ2) is 6.71. The number of hydrogen-bond acceptors (Lipinski definition) is 3. The quantitative estimate of drug-likeness (QED) is 0.845. The second-order valence-electron chi connectivity index (χ2n) is 5.98. The zero-order chi connectivity index (χ0) is 13.8. The third-order valence-corrected chi connectivity index (χ3v) is 4.78. The highest BCUT2D eigenvalue weighted by Crippen LogP contribution is 2.27. The van der Waals surface area contributed by atoms with Gasteiger partial charge in [-0.05, 0) is 45.6 Å². The Hall–Kier alpha value is -0.610. The van der Waals surface area contributed by atoms with E-state index in [1.165, 1.54) is 12.8 Å². The van der Waals surface area contributed by atoms with Crippen LogP contribution >= 0.6 is 0 Å². The summed E-state index contributed by atoms with van der Waals surface area (Å²) >= 11 is 0. The van der Waals surface area contributed by atoms with Crippen LogP contribution in [0.25, 0.3) is 0 Å². The average molecular weight is 268 g/mol. The molecule has 0 bridgehead atoms. The highest BCUT2D eigenvalue weighted by molar-refractivity contribution is 5.79. The van der Waals surface area contributed by atoms with Gasteiger partial charge in [0.15, 0.2) is 0 Å². The first-order chi connectivity index (χ1) is 9.13. The fourth-order valence-electron chi connectivity index (χ4n) is 3.45. The monoisotopic (exact) mass is 268 g/mol. The Kier molecular flexibility index (Phi) is 5.22. The van der Waals surface area contributed by atoms with Gasteiger partial charge in [0.2, 0.25) is 5.91 Å². The lowest BCUT2D eigenvalue weighted by atomic mass is 9.89. The van der Waals surface area contributed by atoms with Crippen molar-refractivity contribution in [1.82, 2.24) is 10.2 Å². The topological polar surface area (TPSA) is 41.6 Å². The summed E-state index contributed by atoms with van der Waals surface area (Å²) in [4.78, 5) is 14.5. The minimum atomic E-state index is 0.0801. The van der Waals surface area contributed by atoms with E-state index in [1.807, 2.05) is 18.9 Å². The maximum Gasteiger partial charge on any atom is 0.228 e. The summed E-state index contributed by atoms with van der Waals surface area (Å²) in [6.07, 6.45) is 5.61. The third kappa shape index (κ3) is 3.48. The summed E-state index contributed by atoms with van der Waals surface area (Å²) in [5, 5.41) is 3.51. The molecule has 4 nitrogen and oxygen atoms in total. The summed E-state index contributed by atoms with van der Waals surface area (Å²) in [6.45, 7) is 5.95. The molecule has 2 rings (SSSR count). The van der Waals surface area contributed by atoms with Gasteiger partial charge in [0.25, 0.3) is 0 Å². The highest BCUT2D eigenvalue weighted by Gasteiger charge is 2.35. The SMILES string of the molecule is CCNC1CCC(N(C)C(=O)C2CCOC2C)CC1. The molecule has 1 heterocycles. The molecule has 2 atom stereocenters. The van der Waals surface area contributed by atoms with Gasteiger partial charge in [-0.15, -0.1) is 0 Å². The van der Waals surface area contributed by atoms with Gasteiger partial charge in [0.1, 0.15) is 0 Å². The van der Waals surface area contributed by atoms with Crippen LogP contribution in [0.15, 0.2) is 0 Å². The Balaban J connectivity index is 1.83. The van der Waals surface area contributed by atoms with E-state index < -0.39 is 0 Å². The lowest BCUT2D eigenvalue weighted by molar-refractivity contribution is -0.138. The Bertz CT molecular complexity index is 301. The Morgan fingerprint density at radius 3 is 2.47 bits per heavy atom. The smallest absolute Gasteiger partial charge is 0.228 e. The van der Waals surface area contributed by atoms with Gasteiger partial charge >= 0.3 is 0 Å². The largest absolute Gasteiger partial charge is 0.378 e. The van der Waals surface area contributed by atoms with E-state index in [4.69, 9.17) is 4.74 Å². The van der Waals surface area contributed by atoms with Gasteiger partial charge in [-0.25, -0.2) is 0 Å². The van der Waals surface area contributed by atoms with Crippen molar-refractivity contribution in [2.45, 2.75) is 64.1 Å². The van der Waals surface area contributed by atoms with Crippen molar-refractivity contribution in [2.75, 3.05) is 20.2 Å². The zero-order valence-corrected chi connectivity index (χ0v) is 12.5. The van der Waals surface area contributed by atoms with E-state index in [0.29, 0.717) is 12.1 Å². The van der Waals surface area contributed by atoms with E-state index in [9.17, 15) is 4.79 Å². The molecule has 1 saturated carbocycles. The van der Waals surface area contributed by atoms with Crippen LogP contribution < -0.4 is 5.32 Å². The first kappa shape index (κ1) is 14.8. The maximum absolute atomic E-state index is 12.5. The minimum Gasteiger partial charge on any atom is -0.378 e. The van der Waals surface area contributed by atoms with Gasteiger partial charge in [0.05, 0.1) is 12.0 Å². The molecule has 1 N–H and O–H groups in total. The van der Waals surface area contributed by atoms with Crippen LogP contribution in [-0.4, -0.2) is 49.2 Å². The van der Waals surface area contributed by atoms with Crippen LogP contribution in [0, 0.1) is 5.92 Å². The molecule has 1 aliphatic carbocycles. The molecule has 0 spiro atoms. The molecule has 0 aromatic rings. The van der Waals surface area contributed by atoms with Crippen molar-refractivity contribution >= 4 is 5.91 Å². The van der Waals surface area contributed by atoms with Crippen LogP contribution in [0.4, 0.5) is 0 Å². The Morgan fingerprint density at radius 1 is 1.26 bits per heavy atom. The molecule has 1 amide bonds. The molecule has 2 fully saturated rings. The number of rotatable bonds is 4. The van der Waals surface area contributed by atoms with Crippen LogP contribution in [0.1, 0.15) is 46.0 Å². The van der Waals surface area contributed by atoms with Crippen LogP contribution in [0.5, 0.6) is 0 Å². The second-order valence-corrected chi connectivity index (χ2v) is 5.98. The highest BCUT2D eigenvalue weighted by atomic mass is 16.5. The molecule has 2 aliphatic rings. The molecule has 1 saturated heterocycles. The lowest BCUT2D eigenvalue weighted by Gasteiger charge is -2.36. The number of ether oxygens (including phenoxy) is 1. The standard InChI is InChI=1S/C15H28N2O2/c1-4-16-12-5-7-13(8-6-12)17(3)15(18)14-9-10-19-11(14)2/h11-14,16H,4-10H2,1-3H3. The third-order valence-electron chi connectivity index (χ3n) is 4.78. The fraction of sp³-hybridized carbons (Fsp3) is 0.933. The molecular formula is C15H28N2O2. The number of nitrogens with one attached hydrogen (secondary N) is 1.